The van der Waals surface area contributed by atoms with Crippen LogP contribution >= 0.6 is 0 Å². The first-order valence-corrected chi connectivity index (χ1v) is 4.80. The molecule has 0 aromatic rings. The first-order valence-electron chi connectivity index (χ1n) is 4.80. The summed E-state index contributed by atoms with van der Waals surface area (Å²) < 4.78 is 0. The van der Waals surface area contributed by atoms with E-state index in [9.17, 15) is 15.0 Å². The van der Waals surface area contributed by atoms with E-state index in [2.05, 4.69) is 0 Å². The van der Waals surface area contributed by atoms with E-state index in [0.717, 1.165) is 12.8 Å². The SMILES string of the molecule is CC1(C)[C@H]2CC[C@]1(CO)[C@H](O)C2=O. The molecule has 2 N–H and O–H groups in total. The summed E-state index contributed by atoms with van der Waals surface area (Å²) in [6.07, 6.45) is 0.656. The molecule has 2 aliphatic carbocycles. The molecule has 0 radical (unpaired) electrons. The Morgan fingerprint density at radius 1 is 1.54 bits per heavy atom. The van der Waals surface area contributed by atoms with Gasteiger partial charge in [-0.25, -0.2) is 0 Å². The summed E-state index contributed by atoms with van der Waals surface area (Å²) in [6, 6.07) is 0. The molecule has 0 aromatic carbocycles. The van der Waals surface area contributed by atoms with Crippen LogP contribution in [0.1, 0.15) is 26.7 Å². The number of Topliss-reactive ketones (excluding diaryl/α,β-unsaturated/α-hetero) is 1. The van der Waals surface area contributed by atoms with Gasteiger partial charge >= 0.3 is 0 Å². The first kappa shape index (κ1) is 9.16. The highest BCUT2D eigenvalue weighted by Crippen LogP contribution is 2.63. The molecule has 0 spiro atoms. The molecule has 2 rings (SSSR count). The summed E-state index contributed by atoms with van der Waals surface area (Å²) >= 11 is 0. The molecule has 2 saturated carbocycles. The van der Waals surface area contributed by atoms with Crippen LogP contribution in [-0.2, 0) is 4.79 Å². The number of ketones is 1. The van der Waals surface area contributed by atoms with Gasteiger partial charge in [0.05, 0.1) is 6.61 Å². The van der Waals surface area contributed by atoms with Gasteiger partial charge in [-0.3, -0.25) is 4.79 Å². The number of hydrogen-bond acceptors (Lipinski definition) is 3. The molecular weight excluding hydrogens is 168 g/mol. The highest BCUT2D eigenvalue weighted by molar-refractivity contribution is 5.91. The van der Waals surface area contributed by atoms with Gasteiger partial charge in [0.1, 0.15) is 6.10 Å². The van der Waals surface area contributed by atoms with Gasteiger partial charge in [-0.15, -0.1) is 0 Å². The highest BCUT2D eigenvalue weighted by atomic mass is 16.3. The minimum atomic E-state index is -0.939. The fourth-order valence-corrected chi connectivity index (χ4v) is 3.25. The van der Waals surface area contributed by atoms with Gasteiger partial charge in [0, 0.05) is 11.3 Å². The van der Waals surface area contributed by atoms with Gasteiger partial charge in [0.2, 0.25) is 0 Å². The molecule has 3 nitrogen and oxygen atoms in total. The van der Waals surface area contributed by atoms with Gasteiger partial charge in [-0.05, 0) is 18.3 Å². The summed E-state index contributed by atoms with van der Waals surface area (Å²) in [5, 5.41) is 19.1. The van der Waals surface area contributed by atoms with Crippen molar-refractivity contribution in [3.63, 3.8) is 0 Å². The van der Waals surface area contributed by atoms with E-state index in [1.165, 1.54) is 0 Å². The number of hydrogen-bond donors (Lipinski definition) is 2. The predicted molar refractivity (Wildman–Crippen MR) is 47.0 cm³/mol. The molecule has 0 amide bonds. The normalized spacial score (nSPS) is 47.2. The Hall–Kier alpha value is -0.410. The molecule has 2 aliphatic rings. The zero-order chi connectivity index (χ0) is 9.85. The molecule has 0 saturated heterocycles. The maximum absolute atomic E-state index is 11.6. The Labute approximate surface area is 77.8 Å². The van der Waals surface area contributed by atoms with Crippen LogP contribution in [0.5, 0.6) is 0 Å². The second-order valence-electron chi connectivity index (χ2n) is 4.93. The van der Waals surface area contributed by atoms with Crippen LogP contribution in [0.15, 0.2) is 0 Å². The van der Waals surface area contributed by atoms with Crippen molar-refractivity contribution in [3.8, 4) is 0 Å². The molecule has 13 heavy (non-hydrogen) atoms. The summed E-state index contributed by atoms with van der Waals surface area (Å²) in [6.45, 7) is 3.88. The number of aliphatic hydroxyl groups excluding tert-OH is 2. The topological polar surface area (TPSA) is 57.5 Å². The van der Waals surface area contributed by atoms with E-state index in [4.69, 9.17) is 0 Å². The van der Waals surface area contributed by atoms with Crippen LogP contribution in [0.4, 0.5) is 0 Å². The fourth-order valence-electron chi connectivity index (χ4n) is 3.25. The lowest BCUT2D eigenvalue weighted by Gasteiger charge is -2.37. The summed E-state index contributed by atoms with van der Waals surface area (Å²) in [7, 11) is 0. The summed E-state index contributed by atoms with van der Waals surface area (Å²) in [4.78, 5) is 11.6. The van der Waals surface area contributed by atoms with Crippen molar-refractivity contribution in [3.05, 3.63) is 0 Å². The van der Waals surface area contributed by atoms with Crippen LogP contribution in [0.3, 0.4) is 0 Å². The standard InChI is InChI=1S/C10H16O3/c1-9(2)6-3-4-10(9,5-11)8(13)7(6)12/h6,8,11,13H,3-5H2,1-2H3/t6-,8+,10-/m0/s1. The van der Waals surface area contributed by atoms with Gasteiger partial charge in [0.25, 0.3) is 0 Å². The molecule has 0 heterocycles. The minimum Gasteiger partial charge on any atom is -0.396 e. The van der Waals surface area contributed by atoms with Gasteiger partial charge in [-0.1, -0.05) is 13.8 Å². The summed E-state index contributed by atoms with van der Waals surface area (Å²) in [5.74, 6) is -0.111. The maximum Gasteiger partial charge on any atom is 0.165 e. The zero-order valence-electron chi connectivity index (χ0n) is 8.08. The van der Waals surface area contributed by atoms with Crippen molar-refractivity contribution in [2.75, 3.05) is 6.61 Å². The van der Waals surface area contributed by atoms with Gasteiger partial charge in [-0.2, -0.15) is 0 Å². The van der Waals surface area contributed by atoms with E-state index in [1.807, 2.05) is 13.8 Å². The quantitative estimate of drug-likeness (QED) is 0.618. The highest BCUT2D eigenvalue weighted by Gasteiger charge is 2.68. The average molecular weight is 184 g/mol. The van der Waals surface area contributed by atoms with E-state index in [0.29, 0.717) is 0 Å². The maximum atomic E-state index is 11.6. The second-order valence-corrected chi connectivity index (χ2v) is 4.93. The number of fused-ring (bicyclic) bond motifs is 2. The third-order valence-corrected chi connectivity index (χ3v) is 4.45. The lowest BCUT2D eigenvalue weighted by Crippen LogP contribution is -2.43. The Morgan fingerprint density at radius 3 is 2.46 bits per heavy atom. The van der Waals surface area contributed by atoms with E-state index in [1.54, 1.807) is 0 Å². The van der Waals surface area contributed by atoms with Crippen molar-refractivity contribution in [2.45, 2.75) is 32.8 Å². The Kier molecular flexibility index (Phi) is 1.65. The molecule has 0 unspecified atom stereocenters. The van der Waals surface area contributed by atoms with Crippen molar-refractivity contribution in [2.24, 2.45) is 16.7 Å². The Balaban J connectivity index is 2.50. The average Bonchev–Trinajstić information content (AvgIpc) is 2.41. The Bertz CT molecular complexity index is 259. The number of rotatable bonds is 1. The lowest BCUT2D eigenvalue weighted by atomic mass is 9.69. The van der Waals surface area contributed by atoms with Crippen LogP contribution in [-0.4, -0.2) is 28.7 Å². The van der Waals surface area contributed by atoms with Gasteiger partial charge in [0.15, 0.2) is 5.78 Å². The minimum absolute atomic E-state index is 0.0466. The van der Waals surface area contributed by atoms with Crippen LogP contribution in [0.2, 0.25) is 0 Å². The van der Waals surface area contributed by atoms with Crippen molar-refractivity contribution < 1.29 is 15.0 Å². The van der Waals surface area contributed by atoms with Crippen molar-refractivity contribution in [1.82, 2.24) is 0 Å². The molecule has 74 valence electrons. The molecule has 0 aliphatic heterocycles. The molecule has 2 fully saturated rings. The van der Waals surface area contributed by atoms with Crippen LogP contribution in [0.25, 0.3) is 0 Å². The van der Waals surface area contributed by atoms with E-state index >= 15 is 0 Å². The first-order chi connectivity index (χ1) is 5.97. The molecule has 3 heteroatoms. The second kappa shape index (κ2) is 2.34. The zero-order valence-corrected chi connectivity index (χ0v) is 8.08. The predicted octanol–water partition coefficient (Wildman–Crippen LogP) is 0.345. The smallest absolute Gasteiger partial charge is 0.165 e. The summed E-state index contributed by atoms with van der Waals surface area (Å²) in [5.41, 5.74) is -0.799. The fraction of sp³-hybridized carbons (Fsp3) is 0.900. The monoisotopic (exact) mass is 184 g/mol. The third-order valence-electron chi connectivity index (χ3n) is 4.45. The van der Waals surface area contributed by atoms with Crippen LogP contribution < -0.4 is 0 Å². The third kappa shape index (κ3) is 0.754. The van der Waals surface area contributed by atoms with Crippen LogP contribution in [0, 0.1) is 16.7 Å². The van der Waals surface area contributed by atoms with E-state index in [-0.39, 0.29) is 23.7 Å². The molecule has 3 atom stereocenters. The number of aliphatic hydroxyl groups is 2. The molecule has 0 aromatic heterocycles. The van der Waals surface area contributed by atoms with Crippen molar-refractivity contribution >= 4 is 5.78 Å². The largest absolute Gasteiger partial charge is 0.396 e. The van der Waals surface area contributed by atoms with Crippen molar-refractivity contribution in [1.29, 1.82) is 0 Å². The van der Waals surface area contributed by atoms with E-state index < -0.39 is 11.5 Å². The Morgan fingerprint density at radius 2 is 2.15 bits per heavy atom. The van der Waals surface area contributed by atoms with Gasteiger partial charge < -0.3 is 10.2 Å². The molecular formula is C10H16O3. The number of carbonyl (C=O) groups excluding carboxylic acids is 1. The molecule has 2 bridgehead atoms. The number of carbonyl (C=O) groups is 1. The lowest BCUT2D eigenvalue weighted by molar-refractivity contribution is -0.134.